The van der Waals surface area contributed by atoms with E-state index in [0.29, 0.717) is 0 Å². The predicted molar refractivity (Wildman–Crippen MR) is 185 cm³/mol. The molecule has 2 heterocycles. The van der Waals surface area contributed by atoms with Gasteiger partial charge in [0.1, 0.15) is 7.05 Å². The monoisotopic (exact) mass is 567 g/mol. The molecule has 220 valence electrons. The highest BCUT2D eigenvalue weighted by molar-refractivity contribution is 6.10. The van der Waals surface area contributed by atoms with E-state index in [1.807, 2.05) is 0 Å². The lowest BCUT2D eigenvalue weighted by Gasteiger charge is -2.18. The van der Waals surface area contributed by atoms with E-state index in [1.165, 1.54) is 77.3 Å². The largest absolute Gasteiger partial charge is 0.309 e. The highest BCUT2D eigenvalue weighted by Crippen LogP contribution is 2.37. The highest BCUT2D eigenvalue weighted by atomic mass is 15.0. The summed E-state index contributed by atoms with van der Waals surface area (Å²) in [7, 11) is 2.16. The zero-order valence-corrected chi connectivity index (χ0v) is 27.8. The van der Waals surface area contributed by atoms with E-state index >= 15 is 0 Å². The lowest BCUT2D eigenvalue weighted by atomic mass is 9.87. The zero-order chi connectivity index (χ0) is 30.8. The van der Waals surface area contributed by atoms with E-state index in [4.69, 9.17) is 0 Å². The number of benzene rings is 4. The molecule has 2 aromatic heterocycles. The van der Waals surface area contributed by atoms with Crippen LogP contribution < -0.4 is 4.57 Å². The molecule has 0 aliphatic heterocycles. The van der Waals surface area contributed by atoms with Crippen LogP contribution in [0.15, 0.2) is 79.0 Å². The molecule has 0 spiro atoms. The van der Waals surface area contributed by atoms with Gasteiger partial charge < -0.3 is 4.57 Å². The number of fused-ring (bicyclic) bond motifs is 4. The van der Waals surface area contributed by atoms with Gasteiger partial charge >= 0.3 is 0 Å². The Bertz CT molecular complexity index is 1950. The zero-order valence-electron chi connectivity index (χ0n) is 27.8. The average Bonchev–Trinajstić information content (AvgIpc) is 3.22. The Kier molecular flexibility index (Phi) is 7.03. The van der Waals surface area contributed by atoms with E-state index in [1.54, 1.807) is 0 Å². The van der Waals surface area contributed by atoms with E-state index in [9.17, 15) is 0 Å². The predicted octanol–water partition coefficient (Wildman–Crippen LogP) is 10.5. The molecule has 43 heavy (non-hydrogen) atoms. The molecular weight excluding hydrogens is 520 g/mol. The first kappa shape index (κ1) is 29.2. The third kappa shape index (κ3) is 5.60. The fourth-order valence-corrected chi connectivity index (χ4v) is 6.96. The normalized spacial score (nSPS) is 12.6. The third-order valence-electron chi connectivity index (χ3n) is 8.81. The summed E-state index contributed by atoms with van der Waals surface area (Å²) in [5.41, 5.74) is 13.6. The van der Waals surface area contributed by atoms with Crippen LogP contribution in [0.4, 0.5) is 0 Å². The summed E-state index contributed by atoms with van der Waals surface area (Å²) >= 11 is 0. The van der Waals surface area contributed by atoms with E-state index in [-0.39, 0.29) is 10.8 Å². The van der Waals surface area contributed by atoms with Gasteiger partial charge in [-0.05, 0) is 121 Å². The molecule has 0 bridgehead atoms. The van der Waals surface area contributed by atoms with Crippen LogP contribution in [0.5, 0.6) is 0 Å². The Balaban J connectivity index is 1.59. The molecule has 2 nitrogen and oxygen atoms in total. The molecule has 4 aromatic carbocycles. The van der Waals surface area contributed by atoms with Gasteiger partial charge in [-0.1, -0.05) is 65.3 Å². The number of hydrogen-bond acceptors (Lipinski definition) is 0. The minimum absolute atomic E-state index is 0.240. The number of hydrogen-bond donors (Lipinski definition) is 0. The lowest BCUT2D eigenvalue weighted by Crippen LogP contribution is -2.30. The third-order valence-corrected chi connectivity index (χ3v) is 8.81. The smallest absolute Gasteiger partial charge is 0.220 e. The Hall–Kier alpha value is -3.91. The van der Waals surface area contributed by atoms with Crippen molar-refractivity contribution in [3.05, 3.63) is 107 Å². The first-order chi connectivity index (χ1) is 20.2. The molecule has 0 radical (unpaired) electrons. The quantitative estimate of drug-likeness (QED) is 0.187. The van der Waals surface area contributed by atoms with Gasteiger partial charge in [-0.25, -0.2) is 4.57 Å². The molecule has 6 rings (SSSR count). The Morgan fingerprint density at radius 2 is 1.21 bits per heavy atom. The van der Waals surface area contributed by atoms with Crippen molar-refractivity contribution < 1.29 is 4.57 Å². The fourth-order valence-electron chi connectivity index (χ4n) is 6.96. The minimum atomic E-state index is 0.240. The van der Waals surface area contributed by atoms with Crippen LogP contribution in [-0.4, -0.2) is 4.57 Å². The van der Waals surface area contributed by atoms with Crippen LogP contribution in [0.1, 0.15) is 69.4 Å². The number of aryl methyl sites for hydroxylation is 3. The number of pyridine rings is 1. The van der Waals surface area contributed by atoms with Gasteiger partial charge in [0.15, 0.2) is 6.20 Å². The van der Waals surface area contributed by atoms with E-state index < -0.39 is 0 Å². The molecule has 0 fully saturated rings. The summed E-state index contributed by atoms with van der Waals surface area (Å²) in [4.78, 5) is 0. The van der Waals surface area contributed by atoms with Crippen molar-refractivity contribution in [3.8, 4) is 16.9 Å². The van der Waals surface area contributed by atoms with Gasteiger partial charge in [-0.2, -0.15) is 0 Å². The van der Waals surface area contributed by atoms with Crippen LogP contribution in [0, 0.1) is 31.6 Å². The molecule has 0 aliphatic carbocycles. The minimum Gasteiger partial charge on any atom is -0.309 e. The number of aromatic nitrogens is 2. The Labute approximate surface area is 258 Å². The van der Waals surface area contributed by atoms with E-state index in [2.05, 4.69) is 157 Å². The van der Waals surface area contributed by atoms with Gasteiger partial charge in [-0.15, -0.1) is 0 Å². The maximum atomic E-state index is 2.47. The highest BCUT2D eigenvalue weighted by Gasteiger charge is 2.21. The SMILES string of the molecule is Cc1cc(C)c(C)c(-c2c3ccc(-n4c5ccc(CC(C)(C)C)cc5c5cc(CC(C)(C)C)ccc54)cc3cc[n+]2C)c1. The first-order valence-electron chi connectivity index (χ1n) is 15.8. The standard InChI is InChI=1S/C41H47N2/c1-26-19-27(2)28(3)34(20-26)39-33-14-13-32(23-31(33)17-18-42(39)10)43-37-15-11-29(24-40(4,5)6)21-35(37)36-22-30(12-16-38(36)43)25-41(7,8)9/h11-23H,24-25H2,1-10H3/q+1. The first-order valence-corrected chi connectivity index (χ1v) is 15.8. The Morgan fingerprint density at radius 3 is 1.77 bits per heavy atom. The van der Waals surface area contributed by atoms with Gasteiger partial charge in [0.05, 0.1) is 22.0 Å². The molecule has 0 aliphatic rings. The van der Waals surface area contributed by atoms with Gasteiger partial charge in [-0.3, -0.25) is 0 Å². The summed E-state index contributed by atoms with van der Waals surface area (Å²) in [5.74, 6) is 0. The van der Waals surface area contributed by atoms with Crippen molar-refractivity contribution in [2.75, 3.05) is 0 Å². The van der Waals surface area contributed by atoms with Crippen molar-refractivity contribution in [2.24, 2.45) is 17.9 Å². The molecule has 6 aromatic rings. The molecule has 2 heteroatoms. The fraction of sp³-hybridized carbons (Fsp3) is 0.341. The van der Waals surface area contributed by atoms with Crippen LogP contribution in [0.3, 0.4) is 0 Å². The van der Waals surface area contributed by atoms with Gasteiger partial charge in [0.2, 0.25) is 5.69 Å². The average molecular weight is 568 g/mol. The van der Waals surface area contributed by atoms with E-state index in [0.717, 1.165) is 12.8 Å². The van der Waals surface area contributed by atoms with Crippen molar-refractivity contribution in [1.82, 2.24) is 4.57 Å². The lowest BCUT2D eigenvalue weighted by molar-refractivity contribution is -0.659. The maximum absolute atomic E-state index is 2.47. The van der Waals surface area contributed by atoms with Gasteiger partial charge in [0, 0.05) is 22.5 Å². The summed E-state index contributed by atoms with van der Waals surface area (Å²) in [5, 5.41) is 5.23. The second-order valence-electron chi connectivity index (χ2n) is 15.3. The summed E-state index contributed by atoms with van der Waals surface area (Å²) in [6.07, 6.45) is 4.33. The van der Waals surface area contributed by atoms with Crippen LogP contribution in [0.25, 0.3) is 49.5 Å². The summed E-state index contributed by atoms with van der Waals surface area (Å²) in [6, 6.07) is 28.2. The maximum Gasteiger partial charge on any atom is 0.220 e. The second kappa shape index (κ2) is 10.4. The summed E-state index contributed by atoms with van der Waals surface area (Å²) in [6.45, 7) is 20.6. The molecule has 0 saturated heterocycles. The summed E-state index contributed by atoms with van der Waals surface area (Å²) < 4.78 is 4.75. The molecule has 0 atom stereocenters. The molecule has 0 amide bonds. The molecule has 0 N–H and O–H groups in total. The second-order valence-corrected chi connectivity index (χ2v) is 15.3. The van der Waals surface area contributed by atoms with Crippen LogP contribution >= 0.6 is 0 Å². The topological polar surface area (TPSA) is 8.81 Å². The van der Waals surface area contributed by atoms with Crippen molar-refractivity contribution in [3.63, 3.8) is 0 Å². The number of rotatable bonds is 4. The number of nitrogens with zero attached hydrogens (tertiary/aromatic N) is 2. The van der Waals surface area contributed by atoms with Crippen molar-refractivity contribution in [2.45, 2.75) is 75.2 Å². The molecule has 0 unspecified atom stereocenters. The van der Waals surface area contributed by atoms with Crippen LogP contribution in [0.2, 0.25) is 0 Å². The van der Waals surface area contributed by atoms with Crippen molar-refractivity contribution in [1.29, 1.82) is 0 Å². The van der Waals surface area contributed by atoms with Gasteiger partial charge in [0.25, 0.3) is 0 Å². The molecule has 0 saturated carbocycles. The van der Waals surface area contributed by atoms with Crippen LogP contribution in [-0.2, 0) is 19.9 Å². The molecular formula is C41H47N2+. The Morgan fingerprint density at radius 1 is 0.628 bits per heavy atom. The van der Waals surface area contributed by atoms with Crippen molar-refractivity contribution >= 4 is 32.6 Å².